The van der Waals surface area contributed by atoms with Crippen LogP contribution >= 0.6 is 0 Å². The van der Waals surface area contributed by atoms with Gasteiger partial charge in [-0.05, 0) is 119 Å². The molecule has 2 atom stereocenters. The van der Waals surface area contributed by atoms with E-state index in [2.05, 4.69) is 185 Å². The Bertz CT molecular complexity index is 3300. The van der Waals surface area contributed by atoms with Gasteiger partial charge in [0.15, 0.2) is 0 Å². The van der Waals surface area contributed by atoms with E-state index in [4.69, 9.17) is 24.3 Å². The number of fused-ring (bicyclic) bond motifs is 2. The number of carbonyl (C=O) groups is 2. The summed E-state index contributed by atoms with van der Waals surface area (Å²) in [6.45, 7) is 45.4. The zero-order chi connectivity index (χ0) is 60.8. The van der Waals surface area contributed by atoms with Crippen LogP contribution in [0.5, 0.6) is 0 Å². The number of pyridine rings is 2. The zero-order valence-electron chi connectivity index (χ0n) is 53.1. The summed E-state index contributed by atoms with van der Waals surface area (Å²) in [4.78, 5) is 48.9. The molecule has 0 aliphatic rings. The first-order chi connectivity index (χ1) is 38.5. The molecular formula is C64H95N11O5Si2. The van der Waals surface area contributed by atoms with Gasteiger partial charge in [0.1, 0.15) is 23.0 Å². The van der Waals surface area contributed by atoms with E-state index in [0.717, 1.165) is 75.9 Å². The van der Waals surface area contributed by atoms with Crippen LogP contribution in [0.1, 0.15) is 205 Å². The second kappa shape index (κ2) is 27.0. The van der Waals surface area contributed by atoms with Gasteiger partial charge in [-0.3, -0.25) is 14.2 Å². The van der Waals surface area contributed by atoms with Gasteiger partial charge >= 0.3 is 6.09 Å². The topological polar surface area (TPSA) is 196 Å². The van der Waals surface area contributed by atoms with Crippen LogP contribution in [0.15, 0.2) is 67.8 Å². The Balaban J connectivity index is 0.000000265. The van der Waals surface area contributed by atoms with Crippen LogP contribution < -0.4 is 5.73 Å². The van der Waals surface area contributed by atoms with Crippen molar-refractivity contribution in [3.05, 3.63) is 79.0 Å². The highest BCUT2D eigenvalue weighted by molar-refractivity contribution is 6.78. The maximum Gasteiger partial charge on any atom is 0.420 e. The minimum absolute atomic E-state index is 0.126. The van der Waals surface area contributed by atoms with Gasteiger partial charge < -0.3 is 24.3 Å². The number of aromatic amines is 1. The Morgan fingerprint density at radius 3 is 1.65 bits per heavy atom. The van der Waals surface area contributed by atoms with Crippen molar-refractivity contribution in [2.75, 3.05) is 5.73 Å². The molecule has 0 amide bonds. The third-order valence-electron chi connectivity index (χ3n) is 15.9. The molecule has 7 aromatic heterocycles. The number of nitrogen functional groups attached to an aromatic ring is 1. The smallest absolute Gasteiger partial charge is 0.420 e. The standard InChI is InChI=1S/C34H50N4O4Si.C30H45N7OSi/c1-13-14-28(42-43(23(4)5,24(6)7)25(8)9)15-16-31(39)30-21-37(33(40)41-34(10,11)12)32-29(30)17-26(18-35-32)27-19-36-38(20-27)22(2)3;1-10-11-28(38-39(19(4)5,20(6)7)21(8)9)27-13-26(35-30(31)36-27)25-16-33-29-24(25)12-22(14-32-29)23-15-34-37(17-23)18(2)3/h17-25,28H,13-14H2,1-12H3;12-21,28H,10-11H2,1-9H3,(H,32,33)(H2,31,35,36). The molecule has 0 saturated carbocycles. The van der Waals surface area contributed by atoms with E-state index in [1.54, 1.807) is 33.2 Å². The molecule has 0 aromatic carbocycles. The highest BCUT2D eigenvalue weighted by Crippen LogP contribution is 2.47. The number of hydrogen-bond donors (Lipinski definition) is 2. The number of hydrogen-bond acceptors (Lipinski definition) is 12. The van der Waals surface area contributed by atoms with Crippen molar-refractivity contribution in [1.29, 1.82) is 0 Å². The fourth-order valence-electron chi connectivity index (χ4n) is 12.1. The predicted molar refractivity (Wildman–Crippen MR) is 339 cm³/mol. The third-order valence-corrected chi connectivity index (χ3v) is 28.1. The molecule has 7 heterocycles. The summed E-state index contributed by atoms with van der Waals surface area (Å²) in [6.07, 6.45) is 17.1. The fraction of sp³-hybridized carbons (Fsp3) is 0.562. The number of Topliss-reactive ketones (excluding diaryl/α,β-unsaturated/α-hetero) is 1. The fourth-order valence-corrected chi connectivity index (χ4v) is 23.1. The van der Waals surface area contributed by atoms with Gasteiger partial charge in [-0.15, -0.1) is 0 Å². The normalized spacial score (nSPS) is 13.3. The van der Waals surface area contributed by atoms with Gasteiger partial charge in [-0.2, -0.15) is 10.2 Å². The Kier molecular flexibility index (Phi) is 21.3. The van der Waals surface area contributed by atoms with Crippen LogP contribution in [0.3, 0.4) is 0 Å². The Hall–Kier alpha value is -6.27. The first-order valence-electron chi connectivity index (χ1n) is 29.9. The summed E-state index contributed by atoms with van der Waals surface area (Å²) in [7, 11) is -4.34. The van der Waals surface area contributed by atoms with E-state index in [-0.39, 0.29) is 30.0 Å². The van der Waals surface area contributed by atoms with Gasteiger partial charge in [-0.25, -0.2) is 29.3 Å². The Morgan fingerprint density at radius 1 is 0.646 bits per heavy atom. The second-order valence-corrected chi connectivity index (χ2v) is 36.3. The van der Waals surface area contributed by atoms with Crippen molar-refractivity contribution >= 4 is 56.5 Å². The van der Waals surface area contributed by atoms with Crippen molar-refractivity contribution in [3.8, 4) is 45.4 Å². The molecule has 0 bridgehead atoms. The molecule has 2 unspecified atom stereocenters. The first-order valence-corrected chi connectivity index (χ1v) is 34.1. The van der Waals surface area contributed by atoms with Crippen LogP contribution in [-0.4, -0.2) is 89.3 Å². The molecule has 0 fully saturated rings. The number of aromatic nitrogens is 10. The van der Waals surface area contributed by atoms with Crippen LogP contribution in [0, 0.1) is 11.8 Å². The summed E-state index contributed by atoms with van der Waals surface area (Å²) < 4.78 is 24.9. The molecule has 16 nitrogen and oxygen atoms in total. The average Bonchev–Trinajstić information content (AvgIpc) is 4.34. The molecule has 0 radical (unpaired) electrons. The van der Waals surface area contributed by atoms with E-state index in [9.17, 15) is 9.59 Å². The maximum absolute atomic E-state index is 13.8. The number of rotatable bonds is 21. The highest BCUT2D eigenvalue weighted by atomic mass is 28.4. The van der Waals surface area contributed by atoms with E-state index < -0.39 is 28.3 Å². The lowest BCUT2D eigenvalue weighted by molar-refractivity contribution is 0.0543. The van der Waals surface area contributed by atoms with Crippen molar-refractivity contribution in [2.45, 2.75) is 234 Å². The summed E-state index contributed by atoms with van der Waals surface area (Å²) in [6, 6.07) is 6.56. The van der Waals surface area contributed by atoms with Crippen LogP contribution in [0.2, 0.25) is 33.2 Å². The molecule has 0 spiro atoms. The number of nitrogens with one attached hydrogen (secondary N) is 1. The predicted octanol–water partition coefficient (Wildman–Crippen LogP) is 16.9. The molecule has 18 heteroatoms. The number of H-pyrrole nitrogens is 1. The maximum atomic E-state index is 13.8. The SMILES string of the molecule is CCCC(C#CC(=O)c1cn(C(=O)OC(C)(C)C)c2ncc(-c3cnn(C(C)C)c3)cc12)O[Si](C(C)C)(C(C)C)C(C)C.CCCC(O[Si](C(C)C)(C(C)C)C(C)C)c1cc(-c2c[nH]c3ncc(-c4cnn(C(C)C)c4)cc23)nc(N)n1. The number of anilines is 1. The molecular weight excluding hydrogens is 1060 g/mol. The first kappa shape index (κ1) is 64.9. The molecule has 0 saturated heterocycles. The average molecular weight is 1150 g/mol. The van der Waals surface area contributed by atoms with E-state index in [1.165, 1.54) is 10.8 Å². The van der Waals surface area contributed by atoms with Gasteiger partial charge in [0.2, 0.25) is 28.4 Å². The largest absolute Gasteiger partial charge is 0.443 e. The van der Waals surface area contributed by atoms with E-state index >= 15 is 0 Å². The number of nitrogens with zero attached hydrogens (tertiary/aromatic N) is 9. The zero-order valence-corrected chi connectivity index (χ0v) is 55.1. The second-order valence-electron chi connectivity index (χ2n) is 25.5. The van der Waals surface area contributed by atoms with Gasteiger partial charge in [0.25, 0.3) is 0 Å². The molecule has 0 aliphatic carbocycles. The third kappa shape index (κ3) is 14.4. The summed E-state index contributed by atoms with van der Waals surface area (Å²) in [5.74, 6) is 5.96. The molecule has 0 aliphatic heterocycles. The monoisotopic (exact) mass is 1150 g/mol. The van der Waals surface area contributed by atoms with Crippen molar-refractivity contribution in [2.24, 2.45) is 0 Å². The van der Waals surface area contributed by atoms with Gasteiger partial charge in [-0.1, -0.05) is 116 Å². The molecule has 7 aromatic rings. The Labute approximate surface area is 490 Å². The Morgan fingerprint density at radius 2 is 1.16 bits per heavy atom. The van der Waals surface area contributed by atoms with Crippen LogP contribution in [0.25, 0.3) is 55.6 Å². The van der Waals surface area contributed by atoms with E-state index in [1.807, 2.05) is 40.2 Å². The quantitative estimate of drug-likeness (QED) is 0.0299. The molecule has 82 heavy (non-hydrogen) atoms. The minimum atomic E-state index is -2.20. The van der Waals surface area contributed by atoms with Crippen molar-refractivity contribution < 1.29 is 23.2 Å². The number of ether oxygens (including phenoxy) is 1. The van der Waals surface area contributed by atoms with E-state index in [0.29, 0.717) is 55.9 Å². The summed E-state index contributed by atoms with van der Waals surface area (Å²) >= 11 is 0. The van der Waals surface area contributed by atoms with Gasteiger partial charge in [0.05, 0.1) is 35.4 Å². The minimum Gasteiger partial charge on any atom is -0.443 e. The van der Waals surface area contributed by atoms with Crippen molar-refractivity contribution in [3.63, 3.8) is 0 Å². The van der Waals surface area contributed by atoms with Crippen LogP contribution in [-0.2, 0) is 13.6 Å². The molecule has 3 N–H and O–H groups in total. The van der Waals surface area contributed by atoms with Crippen molar-refractivity contribution in [1.82, 2.24) is 49.0 Å². The lowest BCUT2D eigenvalue weighted by Gasteiger charge is -2.44. The lowest BCUT2D eigenvalue weighted by atomic mass is 10.1. The highest BCUT2D eigenvalue weighted by Gasteiger charge is 2.48. The lowest BCUT2D eigenvalue weighted by Crippen LogP contribution is -2.50. The molecule has 7 rings (SSSR count). The summed E-state index contributed by atoms with van der Waals surface area (Å²) in [5, 5.41) is 10.5. The number of carbonyl (C=O) groups excluding carboxylic acids is 2. The summed E-state index contributed by atoms with van der Waals surface area (Å²) in [5.41, 5.74) is 16.0. The number of ketones is 1. The van der Waals surface area contributed by atoms with Gasteiger partial charge in [0, 0.05) is 87.9 Å². The number of nitrogens with two attached hydrogens (primary N) is 1. The molecule has 444 valence electrons. The van der Waals surface area contributed by atoms with Crippen LogP contribution in [0.4, 0.5) is 10.7 Å².